The summed E-state index contributed by atoms with van der Waals surface area (Å²) in [5, 5.41) is 2.31. The minimum Gasteiger partial charge on any atom is -0.493 e. The summed E-state index contributed by atoms with van der Waals surface area (Å²) in [6.45, 7) is -0.133. The van der Waals surface area contributed by atoms with Gasteiger partial charge in [0.15, 0.2) is 11.5 Å². The third-order valence-corrected chi connectivity index (χ3v) is 7.75. The van der Waals surface area contributed by atoms with Crippen LogP contribution in [0.4, 0.5) is 10.2 Å². The Balaban J connectivity index is 1.35. The summed E-state index contributed by atoms with van der Waals surface area (Å²) in [6, 6.07) is 11.3. The number of hydrogen-bond acceptors (Lipinski definition) is 10. The number of ether oxygens (including phenoxy) is 3. The maximum atomic E-state index is 13.4. The second-order valence-corrected chi connectivity index (χ2v) is 10.9. The first-order chi connectivity index (χ1) is 19.7. The van der Waals surface area contributed by atoms with E-state index >= 15 is 0 Å². The third kappa shape index (κ3) is 5.96. The molecule has 0 spiro atoms. The largest absolute Gasteiger partial charge is 0.493 e. The molecule has 11 nitrogen and oxygen atoms in total. The smallest absolute Gasteiger partial charge is 0.240 e. The molecule has 2 aromatic carbocycles. The zero-order chi connectivity index (χ0) is 29.1. The quantitative estimate of drug-likeness (QED) is 0.210. The minimum absolute atomic E-state index is 0.0119. The number of nitrogens with zero attached hydrogens (tertiary/aromatic N) is 3. The number of nitrogen functional groups attached to an aromatic ring is 1. The first kappa shape index (κ1) is 28.0. The van der Waals surface area contributed by atoms with Gasteiger partial charge in [-0.3, -0.25) is 9.97 Å². The molecule has 0 aliphatic carbocycles. The summed E-state index contributed by atoms with van der Waals surface area (Å²) in [5.41, 5.74) is 14.3. The maximum Gasteiger partial charge on any atom is 0.240 e. The van der Waals surface area contributed by atoms with Crippen molar-refractivity contribution in [1.82, 2.24) is 19.7 Å². The normalized spacial score (nSPS) is 12.4. The number of halogens is 1. The van der Waals surface area contributed by atoms with Gasteiger partial charge < -0.3 is 25.7 Å². The predicted molar refractivity (Wildman–Crippen MR) is 153 cm³/mol. The molecule has 0 amide bonds. The lowest BCUT2D eigenvalue weighted by Crippen LogP contribution is -2.40. The van der Waals surface area contributed by atoms with Crippen LogP contribution in [0.5, 0.6) is 17.2 Å². The molecule has 0 bridgehead atoms. The Kier molecular flexibility index (Phi) is 7.83. The van der Waals surface area contributed by atoms with Gasteiger partial charge in [-0.05, 0) is 41.8 Å². The van der Waals surface area contributed by atoms with Crippen molar-refractivity contribution in [1.29, 1.82) is 0 Å². The number of sulfonamides is 1. The highest BCUT2D eigenvalue weighted by atomic mass is 32.2. The number of fused-ring (bicyclic) bond motifs is 3. The van der Waals surface area contributed by atoms with Crippen LogP contribution < -0.4 is 30.4 Å². The highest BCUT2D eigenvalue weighted by molar-refractivity contribution is 7.89. The van der Waals surface area contributed by atoms with Gasteiger partial charge in [-0.25, -0.2) is 22.5 Å². The molecular formula is C28H27FN6O5S. The Morgan fingerprint density at radius 2 is 1.76 bits per heavy atom. The molecule has 5 rings (SSSR count). The van der Waals surface area contributed by atoms with E-state index in [0.29, 0.717) is 45.2 Å². The van der Waals surface area contributed by atoms with Gasteiger partial charge in [0.05, 0.1) is 42.6 Å². The second-order valence-electron chi connectivity index (χ2n) is 9.13. The van der Waals surface area contributed by atoms with Crippen LogP contribution in [0.15, 0.2) is 72.0 Å². The molecule has 41 heavy (non-hydrogen) atoms. The number of methoxy groups -OCH3 is 2. The molecule has 3 aromatic heterocycles. The van der Waals surface area contributed by atoms with Crippen LogP contribution >= 0.6 is 0 Å². The molecular weight excluding hydrogens is 551 g/mol. The number of anilines is 1. The Labute approximate surface area is 235 Å². The Morgan fingerprint density at radius 3 is 2.51 bits per heavy atom. The van der Waals surface area contributed by atoms with Crippen molar-refractivity contribution in [3.63, 3.8) is 0 Å². The summed E-state index contributed by atoms with van der Waals surface area (Å²) >= 11 is 0. The lowest BCUT2D eigenvalue weighted by molar-refractivity contribution is 0.287. The molecule has 1 atom stereocenters. The van der Waals surface area contributed by atoms with E-state index < -0.39 is 21.9 Å². The number of rotatable bonds is 10. The fourth-order valence-corrected chi connectivity index (χ4v) is 5.37. The van der Waals surface area contributed by atoms with Crippen molar-refractivity contribution in [2.75, 3.05) is 33.1 Å². The van der Waals surface area contributed by atoms with Crippen LogP contribution in [0.2, 0.25) is 0 Å². The van der Waals surface area contributed by atoms with Crippen LogP contribution in [0.3, 0.4) is 0 Å². The van der Waals surface area contributed by atoms with Gasteiger partial charge in [-0.15, -0.1) is 0 Å². The summed E-state index contributed by atoms with van der Waals surface area (Å²) in [6.07, 6.45) is 4.80. The van der Waals surface area contributed by atoms with Crippen molar-refractivity contribution < 1.29 is 27.0 Å². The van der Waals surface area contributed by atoms with Crippen molar-refractivity contribution in [2.45, 2.75) is 10.9 Å². The summed E-state index contributed by atoms with van der Waals surface area (Å²) in [4.78, 5) is 13.1. The summed E-state index contributed by atoms with van der Waals surface area (Å²) in [5.74, 6) is 1.15. The molecule has 1 unspecified atom stereocenters. The zero-order valence-electron chi connectivity index (χ0n) is 22.2. The van der Waals surface area contributed by atoms with Gasteiger partial charge >= 0.3 is 0 Å². The van der Waals surface area contributed by atoms with Crippen LogP contribution in [0.25, 0.3) is 32.9 Å². The Hall–Kier alpha value is -4.59. The average molecular weight is 579 g/mol. The molecule has 3 heterocycles. The molecule has 212 valence electrons. The van der Waals surface area contributed by atoms with Crippen molar-refractivity contribution in [3.05, 3.63) is 72.9 Å². The van der Waals surface area contributed by atoms with Gasteiger partial charge in [0.2, 0.25) is 10.0 Å². The van der Waals surface area contributed by atoms with Gasteiger partial charge in [0.1, 0.15) is 24.0 Å². The number of aromatic nitrogens is 3. The summed E-state index contributed by atoms with van der Waals surface area (Å²) < 4.78 is 57.3. The molecule has 0 radical (unpaired) electrons. The van der Waals surface area contributed by atoms with E-state index in [1.165, 1.54) is 18.3 Å². The highest BCUT2D eigenvalue weighted by Gasteiger charge is 2.17. The molecule has 0 aliphatic rings. The molecule has 5 N–H and O–H groups in total. The second kappa shape index (κ2) is 11.5. The monoisotopic (exact) mass is 578 g/mol. The lowest BCUT2D eigenvalue weighted by Gasteiger charge is -2.15. The van der Waals surface area contributed by atoms with E-state index in [4.69, 9.17) is 25.7 Å². The maximum absolute atomic E-state index is 13.4. The van der Waals surface area contributed by atoms with Crippen LogP contribution in [0.1, 0.15) is 0 Å². The fraction of sp³-hybridized carbons (Fsp3) is 0.179. The average Bonchev–Trinajstić information content (AvgIpc) is 2.98. The van der Waals surface area contributed by atoms with E-state index in [1.807, 2.05) is 12.1 Å². The van der Waals surface area contributed by atoms with Gasteiger partial charge in [0.25, 0.3) is 0 Å². The number of pyridine rings is 3. The van der Waals surface area contributed by atoms with Crippen LogP contribution in [-0.2, 0) is 10.0 Å². The molecule has 0 saturated heterocycles. The Morgan fingerprint density at radius 1 is 0.976 bits per heavy atom. The lowest BCUT2D eigenvalue weighted by atomic mass is 10.0. The SMILES string of the molecule is COc1cc2ncc3c(N)nc(-c4cncc(OCC(N)CNS(=O)(=O)c5cccc(F)c5)c4)cc3c2cc1OC. The predicted octanol–water partition coefficient (Wildman–Crippen LogP) is 3.27. The molecule has 0 aliphatic heterocycles. The van der Waals surface area contributed by atoms with Gasteiger partial charge in [-0.2, -0.15) is 0 Å². The first-order valence-corrected chi connectivity index (χ1v) is 13.9. The van der Waals surface area contributed by atoms with Crippen LogP contribution in [-0.4, -0.2) is 56.8 Å². The topological polar surface area (TPSA) is 165 Å². The number of nitrogens with two attached hydrogens (primary N) is 2. The molecule has 0 fully saturated rings. The third-order valence-electron chi connectivity index (χ3n) is 6.33. The van der Waals surface area contributed by atoms with E-state index in [-0.39, 0.29) is 18.0 Å². The molecule has 13 heteroatoms. The molecule has 0 saturated carbocycles. The number of benzene rings is 2. The standard InChI is InChI=1S/C28H27FN6O5S/c1-38-26-9-22-21-8-24(35-28(31)23(21)14-33-25(22)10-27(26)39-2)16-6-19(13-32-11-16)40-15-18(30)12-34-41(36,37)20-5-3-4-17(29)7-20/h3-11,13-14,18,34H,12,15,30H2,1-2H3,(H2,31,35). The van der Waals surface area contributed by atoms with Crippen molar-refractivity contribution in [2.24, 2.45) is 5.73 Å². The van der Waals surface area contributed by atoms with Gasteiger partial charge in [-0.1, -0.05) is 6.07 Å². The summed E-state index contributed by atoms with van der Waals surface area (Å²) in [7, 11) is -0.805. The zero-order valence-corrected chi connectivity index (χ0v) is 23.0. The van der Waals surface area contributed by atoms with E-state index in [0.717, 1.165) is 22.9 Å². The Bertz CT molecular complexity index is 1850. The molecule has 5 aromatic rings. The van der Waals surface area contributed by atoms with Crippen LogP contribution in [0, 0.1) is 5.82 Å². The fourth-order valence-electron chi connectivity index (χ4n) is 4.24. The highest BCUT2D eigenvalue weighted by Crippen LogP contribution is 2.37. The van der Waals surface area contributed by atoms with Crippen molar-refractivity contribution >= 4 is 37.5 Å². The van der Waals surface area contributed by atoms with E-state index in [1.54, 1.807) is 38.7 Å². The van der Waals surface area contributed by atoms with E-state index in [2.05, 4.69) is 19.7 Å². The van der Waals surface area contributed by atoms with E-state index in [9.17, 15) is 12.8 Å². The van der Waals surface area contributed by atoms with Crippen molar-refractivity contribution in [3.8, 4) is 28.5 Å². The number of nitrogens with one attached hydrogen (secondary N) is 1. The number of hydrogen-bond donors (Lipinski definition) is 3. The minimum atomic E-state index is -3.93. The first-order valence-electron chi connectivity index (χ1n) is 12.4. The van der Waals surface area contributed by atoms with Gasteiger partial charge in [0, 0.05) is 41.3 Å².